The first-order valence-electron chi connectivity index (χ1n) is 8.82. The Balaban J connectivity index is 1.52. The molecule has 1 aliphatic rings. The first-order chi connectivity index (χ1) is 12.1. The predicted octanol–water partition coefficient (Wildman–Crippen LogP) is 1.95. The number of likely N-dealkylation sites (N-methyl/N-ethyl adjacent to an activating group) is 1. The summed E-state index contributed by atoms with van der Waals surface area (Å²) in [6.45, 7) is 10.3. The van der Waals surface area contributed by atoms with Gasteiger partial charge >= 0.3 is 6.03 Å². The highest BCUT2D eigenvalue weighted by atomic mass is 16.2. The minimum atomic E-state index is -0.0345. The van der Waals surface area contributed by atoms with E-state index in [4.69, 9.17) is 0 Å². The standard InChI is InChI=1S/C18H26N6O/c1-4-22(16-8-6-5-7-14(16)2)10-9-19-18(25)23-11-12-24-17(13-23)20-15(3)21-24/h5-8H,4,9-13H2,1-3H3,(H,19,25). The van der Waals surface area contributed by atoms with Crippen LogP contribution >= 0.6 is 0 Å². The lowest BCUT2D eigenvalue weighted by atomic mass is 10.2. The molecular weight excluding hydrogens is 316 g/mol. The Morgan fingerprint density at radius 2 is 2.08 bits per heavy atom. The van der Waals surface area contributed by atoms with Gasteiger partial charge in [-0.2, -0.15) is 5.10 Å². The SMILES string of the molecule is CCN(CCNC(=O)N1CCn2nc(C)nc2C1)c1ccccc1C. The fraction of sp³-hybridized carbons (Fsp3) is 0.500. The number of amides is 2. The number of carbonyl (C=O) groups excluding carboxylic acids is 1. The molecule has 7 nitrogen and oxygen atoms in total. The summed E-state index contributed by atoms with van der Waals surface area (Å²) in [4.78, 5) is 20.9. The van der Waals surface area contributed by atoms with Crippen LogP contribution in [0, 0.1) is 13.8 Å². The third-order valence-electron chi connectivity index (χ3n) is 4.55. The molecule has 1 aromatic carbocycles. The number of fused-ring (bicyclic) bond motifs is 1. The Labute approximate surface area is 148 Å². The molecule has 134 valence electrons. The Kier molecular flexibility index (Phi) is 5.21. The highest BCUT2D eigenvalue weighted by molar-refractivity contribution is 5.74. The van der Waals surface area contributed by atoms with Crippen LogP contribution in [0.15, 0.2) is 24.3 Å². The molecule has 0 fully saturated rings. The van der Waals surface area contributed by atoms with E-state index >= 15 is 0 Å². The number of benzene rings is 1. The minimum Gasteiger partial charge on any atom is -0.370 e. The van der Waals surface area contributed by atoms with Gasteiger partial charge < -0.3 is 15.1 Å². The van der Waals surface area contributed by atoms with Gasteiger partial charge in [-0.05, 0) is 32.4 Å². The Morgan fingerprint density at radius 3 is 2.84 bits per heavy atom. The maximum absolute atomic E-state index is 12.4. The topological polar surface area (TPSA) is 66.3 Å². The average Bonchev–Trinajstić information content (AvgIpc) is 2.98. The van der Waals surface area contributed by atoms with Gasteiger partial charge in [0.25, 0.3) is 0 Å². The fourth-order valence-electron chi connectivity index (χ4n) is 3.21. The summed E-state index contributed by atoms with van der Waals surface area (Å²) in [6, 6.07) is 8.30. The van der Waals surface area contributed by atoms with Gasteiger partial charge in [-0.3, -0.25) is 0 Å². The maximum Gasteiger partial charge on any atom is 0.317 e. The van der Waals surface area contributed by atoms with Crippen molar-refractivity contribution in [1.82, 2.24) is 25.0 Å². The van der Waals surface area contributed by atoms with Crippen LogP contribution in [-0.2, 0) is 13.1 Å². The molecule has 0 atom stereocenters. The summed E-state index contributed by atoms with van der Waals surface area (Å²) in [5.74, 6) is 1.61. The van der Waals surface area contributed by atoms with E-state index in [9.17, 15) is 4.79 Å². The first kappa shape index (κ1) is 17.3. The molecule has 1 aromatic heterocycles. The summed E-state index contributed by atoms with van der Waals surface area (Å²) in [5, 5.41) is 7.36. The molecule has 25 heavy (non-hydrogen) atoms. The smallest absolute Gasteiger partial charge is 0.317 e. The highest BCUT2D eigenvalue weighted by Gasteiger charge is 2.22. The quantitative estimate of drug-likeness (QED) is 0.902. The second-order valence-electron chi connectivity index (χ2n) is 6.32. The van der Waals surface area contributed by atoms with Gasteiger partial charge in [-0.1, -0.05) is 18.2 Å². The third kappa shape index (κ3) is 3.92. The average molecular weight is 342 g/mol. The number of aromatic nitrogens is 3. The summed E-state index contributed by atoms with van der Waals surface area (Å²) in [5.41, 5.74) is 2.47. The Bertz CT molecular complexity index is 741. The van der Waals surface area contributed by atoms with Gasteiger partial charge in [0.15, 0.2) is 0 Å². The van der Waals surface area contributed by atoms with Gasteiger partial charge in [0.1, 0.15) is 11.6 Å². The summed E-state index contributed by atoms with van der Waals surface area (Å²) >= 11 is 0. The van der Waals surface area contributed by atoms with Crippen molar-refractivity contribution in [3.05, 3.63) is 41.5 Å². The number of anilines is 1. The van der Waals surface area contributed by atoms with Crippen LogP contribution in [0.3, 0.4) is 0 Å². The second kappa shape index (κ2) is 7.55. The van der Waals surface area contributed by atoms with Crippen LogP contribution < -0.4 is 10.2 Å². The van der Waals surface area contributed by atoms with Gasteiger partial charge in [0.05, 0.1) is 13.1 Å². The molecule has 0 spiro atoms. The molecular formula is C18H26N6O. The third-order valence-corrected chi connectivity index (χ3v) is 4.55. The molecule has 2 amide bonds. The zero-order valence-corrected chi connectivity index (χ0v) is 15.2. The molecule has 0 saturated carbocycles. The van der Waals surface area contributed by atoms with Crippen LogP contribution in [0.2, 0.25) is 0 Å². The van der Waals surface area contributed by atoms with Crippen molar-refractivity contribution in [2.45, 2.75) is 33.9 Å². The predicted molar refractivity (Wildman–Crippen MR) is 97.6 cm³/mol. The highest BCUT2D eigenvalue weighted by Crippen LogP contribution is 2.18. The van der Waals surface area contributed by atoms with Gasteiger partial charge in [0, 0.05) is 31.9 Å². The largest absolute Gasteiger partial charge is 0.370 e. The van der Waals surface area contributed by atoms with E-state index in [-0.39, 0.29) is 6.03 Å². The number of carbonyl (C=O) groups is 1. The maximum atomic E-state index is 12.4. The first-order valence-corrected chi connectivity index (χ1v) is 8.82. The normalized spacial score (nSPS) is 13.5. The second-order valence-corrected chi connectivity index (χ2v) is 6.32. The van der Waals surface area contributed by atoms with Crippen molar-refractivity contribution >= 4 is 11.7 Å². The van der Waals surface area contributed by atoms with Crippen LogP contribution in [0.5, 0.6) is 0 Å². The van der Waals surface area contributed by atoms with Crippen molar-refractivity contribution in [3.8, 4) is 0 Å². The van der Waals surface area contributed by atoms with Crippen molar-refractivity contribution < 1.29 is 4.79 Å². The Hall–Kier alpha value is -2.57. The number of para-hydroxylation sites is 1. The lowest BCUT2D eigenvalue weighted by Crippen LogP contribution is -2.46. The number of urea groups is 1. The number of hydrogen-bond donors (Lipinski definition) is 1. The Morgan fingerprint density at radius 1 is 1.28 bits per heavy atom. The van der Waals surface area contributed by atoms with E-state index in [1.165, 1.54) is 11.3 Å². The molecule has 1 aliphatic heterocycles. The molecule has 0 radical (unpaired) electrons. The summed E-state index contributed by atoms with van der Waals surface area (Å²) in [7, 11) is 0. The molecule has 0 unspecified atom stereocenters. The molecule has 2 aromatic rings. The number of hydrogen-bond acceptors (Lipinski definition) is 4. The summed E-state index contributed by atoms with van der Waals surface area (Å²) < 4.78 is 1.89. The monoisotopic (exact) mass is 342 g/mol. The zero-order valence-electron chi connectivity index (χ0n) is 15.2. The lowest BCUT2D eigenvalue weighted by Gasteiger charge is -2.28. The van der Waals surface area contributed by atoms with Gasteiger partial charge in [0.2, 0.25) is 0 Å². The van der Waals surface area contributed by atoms with Crippen molar-refractivity contribution in [2.75, 3.05) is 31.1 Å². The lowest BCUT2D eigenvalue weighted by molar-refractivity contribution is 0.180. The molecule has 0 saturated heterocycles. The number of aryl methyl sites for hydroxylation is 2. The van der Waals surface area contributed by atoms with E-state index in [0.29, 0.717) is 26.2 Å². The van der Waals surface area contributed by atoms with Crippen LogP contribution in [0.25, 0.3) is 0 Å². The van der Waals surface area contributed by atoms with Crippen molar-refractivity contribution in [3.63, 3.8) is 0 Å². The van der Waals surface area contributed by atoms with E-state index in [2.05, 4.69) is 52.3 Å². The van der Waals surface area contributed by atoms with Crippen molar-refractivity contribution in [1.29, 1.82) is 0 Å². The van der Waals surface area contributed by atoms with Gasteiger partial charge in [-0.25, -0.2) is 14.5 Å². The van der Waals surface area contributed by atoms with E-state index < -0.39 is 0 Å². The summed E-state index contributed by atoms with van der Waals surface area (Å²) in [6.07, 6.45) is 0. The number of nitrogens with zero attached hydrogens (tertiary/aromatic N) is 5. The molecule has 3 rings (SSSR count). The molecule has 7 heteroatoms. The van der Waals surface area contributed by atoms with E-state index in [1.54, 1.807) is 4.90 Å². The van der Waals surface area contributed by atoms with Crippen LogP contribution in [0.4, 0.5) is 10.5 Å². The van der Waals surface area contributed by atoms with Crippen LogP contribution in [0.1, 0.15) is 24.1 Å². The number of rotatable bonds is 5. The van der Waals surface area contributed by atoms with Gasteiger partial charge in [-0.15, -0.1) is 0 Å². The molecule has 2 heterocycles. The van der Waals surface area contributed by atoms with E-state index in [0.717, 1.165) is 24.7 Å². The fourth-order valence-corrected chi connectivity index (χ4v) is 3.21. The zero-order chi connectivity index (χ0) is 17.8. The number of nitrogens with one attached hydrogen (secondary N) is 1. The minimum absolute atomic E-state index is 0.0345. The molecule has 0 bridgehead atoms. The van der Waals surface area contributed by atoms with E-state index in [1.807, 2.05) is 17.7 Å². The van der Waals surface area contributed by atoms with Crippen molar-refractivity contribution in [2.24, 2.45) is 0 Å². The van der Waals surface area contributed by atoms with Crippen LogP contribution in [-0.4, -0.2) is 51.9 Å². The molecule has 1 N–H and O–H groups in total. The molecule has 0 aliphatic carbocycles.